The topological polar surface area (TPSA) is 88.5 Å². The van der Waals surface area contributed by atoms with Crippen LogP contribution in [0, 0.1) is 5.82 Å². The summed E-state index contributed by atoms with van der Waals surface area (Å²) in [5.41, 5.74) is -0.717. The number of nitrogens with zero attached hydrogens (tertiary/aromatic N) is 1. The van der Waals surface area contributed by atoms with Gasteiger partial charge in [-0.05, 0) is 31.5 Å². The molecule has 0 saturated carbocycles. The van der Waals surface area contributed by atoms with Crippen LogP contribution < -0.4 is 10.1 Å². The van der Waals surface area contributed by atoms with Crippen LogP contribution >= 0.6 is 11.3 Å². The molecule has 0 saturated heterocycles. The van der Waals surface area contributed by atoms with Crippen molar-refractivity contribution in [2.45, 2.75) is 32.4 Å². The Balaban J connectivity index is 1.74. The van der Waals surface area contributed by atoms with Crippen molar-refractivity contribution in [1.29, 1.82) is 0 Å². The van der Waals surface area contributed by atoms with Crippen molar-refractivity contribution in [1.82, 2.24) is 10.3 Å². The first-order valence-corrected chi connectivity index (χ1v) is 10.9. The Morgan fingerprint density at radius 3 is 2.53 bits per heavy atom. The number of thiazole rings is 1. The van der Waals surface area contributed by atoms with Gasteiger partial charge in [0.25, 0.3) is 5.91 Å². The monoisotopic (exact) mass is 452 g/mol. The lowest BCUT2D eigenvalue weighted by atomic mass is 9.97. The zero-order valence-electron chi connectivity index (χ0n) is 17.5. The Morgan fingerprint density at radius 2 is 1.84 bits per heavy atom. The highest BCUT2D eigenvalue weighted by Crippen LogP contribution is 2.34. The fraction of sp³-hybridized carbons (Fsp3) is 0.208. The fourth-order valence-corrected chi connectivity index (χ4v) is 4.24. The molecule has 1 atom stereocenters. The molecule has 0 fully saturated rings. The number of nitrogens with one attached hydrogen (secondary N) is 1. The van der Waals surface area contributed by atoms with Gasteiger partial charge in [0.15, 0.2) is 0 Å². The van der Waals surface area contributed by atoms with E-state index >= 15 is 0 Å². The van der Waals surface area contributed by atoms with Gasteiger partial charge in [0.05, 0.1) is 15.8 Å². The first-order chi connectivity index (χ1) is 15.3. The Kier molecular flexibility index (Phi) is 5.80. The molecule has 8 heteroatoms. The third-order valence-corrected chi connectivity index (χ3v) is 6.45. The average Bonchev–Trinajstić information content (AvgIpc) is 3.21. The molecule has 0 bridgehead atoms. The first-order valence-electron chi connectivity index (χ1n) is 10.1. The molecule has 164 valence electrons. The Hall–Kier alpha value is -3.52. The molecule has 1 heterocycles. The smallest absolute Gasteiger partial charge is 0.329 e. The predicted molar refractivity (Wildman–Crippen MR) is 122 cm³/mol. The number of carboxylic acid groups (broad SMARTS) is 1. The Bertz CT molecular complexity index is 1300. The summed E-state index contributed by atoms with van der Waals surface area (Å²) < 4.78 is 21.8. The minimum absolute atomic E-state index is 0.0664. The molecule has 0 radical (unpaired) electrons. The lowest BCUT2D eigenvalue weighted by Crippen LogP contribution is -2.51. The van der Waals surface area contributed by atoms with E-state index in [-0.39, 0.29) is 24.3 Å². The summed E-state index contributed by atoms with van der Waals surface area (Å²) in [4.78, 5) is 29.2. The second-order valence-electron chi connectivity index (χ2n) is 7.59. The summed E-state index contributed by atoms with van der Waals surface area (Å²) in [5.74, 6) is -2.30. The van der Waals surface area contributed by atoms with Crippen LogP contribution in [0.25, 0.3) is 21.0 Å². The number of carbonyl (C=O) groups is 2. The van der Waals surface area contributed by atoms with Crippen molar-refractivity contribution in [3.05, 3.63) is 71.0 Å². The molecule has 4 rings (SSSR count). The average molecular weight is 453 g/mol. The number of hydrogen-bond acceptors (Lipinski definition) is 5. The van der Waals surface area contributed by atoms with Gasteiger partial charge in [0.1, 0.15) is 28.7 Å². The summed E-state index contributed by atoms with van der Waals surface area (Å²) in [7, 11) is 0. The molecule has 0 spiro atoms. The lowest BCUT2D eigenvalue weighted by Gasteiger charge is -2.25. The van der Waals surface area contributed by atoms with Crippen molar-refractivity contribution in [2.75, 3.05) is 0 Å². The molecule has 0 aliphatic carbocycles. The van der Waals surface area contributed by atoms with E-state index < -0.39 is 23.2 Å². The highest BCUT2D eigenvalue weighted by atomic mass is 32.1. The number of halogens is 1. The number of fused-ring (bicyclic) bond motifs is 2. The van der Waals surface area contributed by atoms with E-state index in [0.29, 0.717) is 15.8 Å². The number of carboxylic acids is 1. The standard InChI is InChI=1S/C24H21FN2O4S/c1-3-24(2,23(29)30)27-22(28)16-12-17(25)14-8-4-5-9-15(14)21(16)31-13-20-26-18-10-6-7-11-19(18)32-20/h4-12H,3,13H2,1-2H3,(H,27,28)(H,29,30)/t24-/m1/s1. The quantitative estimate of drug-likeness (QED) is 0.405. The number of aliphatic carboxylic acids is 1. The van der Waals surface area contributed by atoms with Crippen molar-refractivity contribution >= 4 is 44.2 Å². The van der Waals surface area contributed by atoms with Gasteiger partial charge in [0, 0.05) is 10.8 Å². The third-order valence-electron chi connectivity index (χ3n) is 5.44. The summed E-state index contributed by atoms with van der Waals surface area (Å²) >= 11 is 1.47. The predicted octanol–water partition coefficient (Wildman–Crippen LogP) is 5.15. The molecule has 1 aromatic heterocycles. The molecule has 0 unspecified atom stereocenters. The van der Waals surface area contributed by atoms with Crippen LogP contribution in [0.15, 0.2) is 54.6 Å². The first kappa shape index (κ1) is 21.7. The number of hydrogen-bond donors (Lipinski definition) is 2. The zero-order valence-corrected chi connectivity index (χ0v) is 18.3. The fourth-order valence-electron chi connectivity index (χ4n) is 3.36. The maximum absolute atomic E-state index is 14.8. The zero-order chi connectivity index (χ0) is 22.9. The van der Waals surface area contributed by atoms with E-state index in [4.69, 9.17) is 4.74 Å². The molecule has 32 heavy (non-hydrogen) atoms. The van der Waals surface area contributed by atoms with E-state index in [0.717, 1.165) is 16.3 Å². The number of para-hydroxylation sites is 1. The number of benzene rings is 3. The van der Waals surface area contributed by atoms with Crippen LogP contribution in [-0.2, 0) is 11.4 Å². The van der Waals surface area contributed by atoms with Gasteiger partial charge in [-0.2, -0.15) is 0 Å². The van der Waals surface area contributed by atoms with Gasteiger partial charge in [0.2, 0.25) is 0 Å². The molecule has 4 aromatic rings. The van der Waals surface area contributed by atoms with E-state index in [1.54, 1.807) is 31.2 Å². The summed E-state index contributed by atoms with van der Waals surface area (Å²) in [5, 5.41) is 13.5. The van der Waals surface area contributed by atoms with Crippen molar-refractivity contribution < 1.29 is 23.8 Å². The van der Waals surface area contributed by atoms with Crippen LogP contribution in [0.4, 0.5) is 4.39 Å². The van der Waals surface area contributed by atoms with Crippen LogP contribution in [0.1, 0.15) is 35.6 Å². The lowest BCUT2D eigenvalue weighted by molar-refractivity contribution is -0.143. The summed E-state index contributed by atoms with van der Waals surface area (Å²) in [6, 6.07) is 15.5. The highest BCUT2D eigenvalue weighted by Gasteiger charge is 2.34. The number of aromatic nitrogens is 1. The molecule has 6 nitrogen and oxygen atoms in total. The minimum atomic E-state index is -1.50. The maximum Gasteiger partial charge on any atom is 0.329 e. The molecule has 1 amide bonds. The third kappa shape index (κ3) is 4.01. The molecule has 0 aliphatic rings. The second-order valence-corrected chi connectivity index (χ2v) is 8.70. The van der Waals surface area contributed by atoms with Crippen molar-refractivity contribution in [3.8, 4) is 5.75 Å². The van der Waals surface area contributed by atoms with E-state index in [1.807, 2.05) is 24.3 Å². The normalized spacial score (nSPS) is 13.1. The van der Waals surface area contributed by atoms with Crippen LogP contribution in [0.3, 0.4) is 0 Å². The molecule has 0 aliphatic heterocycles. The summed E-state index contributed by atoms with van der Waals surface area (Å²) in [6.45, 7) is 3.14. The van der Waals surface area contributed by atoms with Crippen LogP contribution in [0.2, 0.25) is 0 Å². The van der Waals surface area contributed by atoms with Gasteiger partial charge >= 0.3 is 5.97 Å². The Labute approximate surface area is 187 Å². The molecular formula is C24H21FN2O4S. The van der Waals surface area contributed by atoms with Gasteiger partial charge in [-0.3, -0.25) is 4.79 Å². The second kappa shape index (κ2) is 8.55. The van der Waals surface area contributed by atoms with E-state index in [1.165, 1.54) is 18.3 Å². The maximum atomic E-state index is 14.8. The SMILES string of the molecule is CC[C@@](C)(NC(=O)c1cc(F)c2ccccc2c1OCc1nc2ccccc2s1)C(=O)O. The molecule has 3 aromatic carbocycles. The van der Waals surface area contributed by atoms with Crippen LogP contribution in [-0.4, -0.2) is 27.5 Å². The van der Waals surface area contributed by atoms with E-state index in [2.05, 4.69) is 10.3 Å². The van der Waals surface area contributed by atoms with E-state index in [9.17, 15) is 19.1 Å². The molecule has 2 N–H and O–H groups in total. The van der Waals surface area contributed by atoms with Gasteiger partial charge < -0.3 is 15.2 Å². The van der Waals surface area contributed by atoms with Gasteiger partial charge in [-0.1, -0.05) is 43.3 Å². The minimum Gasteiger partial charge on any atom is -0.485 e. The number of amides is 1. The Morgan fingerprint density at radius 1 is 1.16 bits per heavy atom. The van der Waals surface area contributed by atoms with Gasteiger partial charge in [-0.15, -0.1) is 11.3 Å². The summed E-state index contributed by atoms with van der Waals surface area (Å²) in [6.07, 6.45) is 0.159. The largest absolute Gasteiger partial charge is 0.485 e. The molecular weight excluding hydrogens is 431 g/mol. The van der Waals surface area contributed by atoms with Gasteiger partial charge in [-0.25, -0.2) is 14.2 Å². The number of ether oxygens (including phenoxy) is 1. The van der Waals surface area contributed by atoms with Crippen molar-refractivity contribution in [3.63, 3.8) is 0 Å². The van der Waals surface area contributed by atoms with Crippen molar-refractivity contribution in [2.24, 2.45) is 0 Å². The number of rotatable bonds is 7. The van der Waals surface area contributed by atoms with Crippen LogP contribution in [0.5, 0.6) is 5.75 Å². The highest BCUT2D eigenvalue weighted by molar-refractivity contribution is 7.18. The number of carbonyl (C=O) groups excluding carboxylic acids is 1.